The van der Waals surface area contributed by atoms with Crippen molar-refractivity contribution in [3.05, 3.63) is 45.2 Å². The summed E-state index contributed by atoms with van der Waals surface area (Å²) < 4.78 is 6.92. The van der Waals surface area contributed by atoms with Crippen molar-refractivity contribution >= 4 is 15.9 Å². The maximum Gasteiger partial charge on any atom is 0.442 e. The molecule has 5 nitrogen and oxygen atoms in total. The highest BCUT2D eigenvalue weighted by Gasteiger charge is 2.07. The summed E-state index contributed by atoms with van der Waals surface area (Å²) in [6, 6.07) is 7.15. The number of hydrogen-bond acceptors (Lipinski definition) is 4. The maximum atomic E-state index is 11.4. The zero-order valence-electron chi connectivity index (χ0n) is 7.68. The van der Waals surface area contributed by atoms with Gasteiger partial charge in [-0.1, -0.05) is 15.9 Å². The van der Waals surface area contributed by atoms with E-state index in [0.717, 1.165) is 4.47 Å². The second-order valence-electron chi connectivity index (χ2n) is 2.85. The fourth-order valence-corrected chi connectivity index (χ4v) is 1.41. The number of nitrogens with two attached hydrogens (primary N) is 1. The molecule has 15 heavy (non-hydrogen) atoms. The molecule has 0 bridgehead atoms. The Bertz CT molecular complexity index is 515. The molecule has 1 heterocycles. The number of halogens is 1. The van der Waals surface area contributed by atoms with Gasteiger partial charge in [0.15, 0.2) is 0 Å². The zero-order chi connectivity index (χ0) is 10.8. The summed E-state index contributed by atoms with van der Waals surface area (Å²) in [4.78, 5) is 11.4. The lowest BCUT2D eigenvalue weighted by Crippen LogP contribution is -2.13. The molecule has 0 saturated heterocycles. The third-order valence-electron chi connectivity index (χ3n) is 1.84. The van der Waals surface area contributed by atoms with E-state index in [-0.39, 0.29) is 12.4 Å². The van der Waals surface area contributed by atoms with Crippen LogP contribution in [0.5, 0.6) is 0 Å². The minimum Gasteiger partial charge on any atom is -0.391 e. The van der Waals surface area contributed by atoms with Crippen LogP contribution in [0, 0.1) is 0 Å². The van der Waals surface area contributed by atoms with E-state index in [2.05, 4.69) is 21.0 Å². The molecule has 2 rings (SSSR count). The van der Waals surface area contributed by atoms with Crippen LogP contribution in [0.3, 0.4) is 0 Å². The van der Waals surface area contributed by atoms with Gasteiger partial charge in [-0.25, -0.2) is 4.79 Å². The first-order valence-corrected chi connectivity index (χ1v) is 5.05. The van der Waals surface area contributed by atoms with Crippen molar-refractivity contribution in [2.75, 3.05) is 0 Å². The molecule has 0 spiro atoms. The molecule has 0 saturated carbocycles. The lowest BCUT2D eigenvalue weighted by molar-refractivity contribution is 0.460. The van der Waals surface area contributed by atoms with Gasteiger partial charge >= 0.3 is 5.76 Å². The summed E-state index contributed by atoms with van der Waals surface area (Å²) in [5, 5.41) is 3.93. The van der Waals surface area contributed by atoms with Crippen LogP contribution < -0.4 is 11.5 Å². The Hall–Kier alpha value is -1.40. The van der Waals surface area contributed by atoms with Crippen molar-refractivity contribution in [2.45, 2.75) is 6.54 Å². The molecule has 1 aromatic heterocycles. The first-order valence-electron chi connectivity index (χ1n) is 4.26. The van der Waals surface area contributed by atoms with Crippen LogP contribution in [-0.4, -0.2) is 9.78 Å². The Morgan fingerprint density at radius 3 is 2.60 bits per heavy atom. The minimum absolute atomic E-state index is 0.110. The Balaban J connectivity index is 2.49. The van der Waals surface area contributed by atoms with Crippen molar-refractivity contribution in [1.29, 1.82) is 0 Å². The van der Waals surface area contributed by atoms with E-state index in [1.807, 2.05) is 12.1 Å². The molecule has 1 aromatic carbocycles. The molecule has 0 amide bonds. The topological polar surface area (TPSA) is 74.0 Å². The second kappa shape index (κ2) is 4.00. The molecule has 0 fully saturated rings. The SMILES string of the molecule is NCc1nn(-c2ccc(Br)cc2)c(=O)o1. The van der Waals surface area contributed by atoms with Crippen molar-refractivity contribution in [3.63, 3.8) is 0 Å². The summed E-state index contributed by atoms with van der Waals surface area (Å²) in [5.74, 6) is -0.305. The summed E-state index contributed by atoms with van der Waals surface area (Å²) >= 11 is 3.30. The Morgan fingerprint density at radius 1 is 1.40 bits per heavy atom. The lowest BCUT2D eigenvalue weighted by Gasteiger charge is -1.97. The van der Waals surface area contributed by atoms with Crippen LogP contribution in [0.15, 0.2) is 37.9 Å². The van der Waals surface area contributed by atoms with Gasteiger partial charge in [0, 0.05) is 4.47 Å². The highest BCUT2D eigenvalue weighted by atomic mass is 79.9. The zero-order valence-corrected chi connectivity index (χ0v) is 9.27. The molecule has 0 aliphatic carbocycles. The van der Waals surface area contributed by atoms with Gasteiger partial charge in [-0.2, -0.15) is 4.68 Å². The first kappa shape index (κ1) is 10.1. The van der Waals surface area contributed by atoms with Crippen LogP contribution >= 0.6 is 15.9 Å². The molecule has 0 aliphatic heterocycles. The summed E-state index contributed by atoms with van der Waals surface area (Å²) in [6.07, 6.45) is 0. The van der Waals surface area contributed by atoms with Crippen LogP contribution in [0.25, 0.3) is 5.69 Å². The third kappa shape index (κ3) is 2.00. The molecular weight excluding hydrogens is 262 g/mol. The highest BCUT2D eigenvalue weighted by Crippen LogP contribution is 2.12. The molecule has 0 atom stereocenters. The molecule has 0 unspecified atom stereocenters. The highest BCUT2D eigenvalue weighted by molar-refractivity contribution is 9.10. The smallest absolute Gasteiger partial charge is 0.391 e. The first-order chi connectivity index (χ1) is 7.20. The van der Waals surface area contributed by atoms with E-state index < -0.39 is 5.76 Å². The Labute approximate surface area is 93.6 Å². The van der Waals surface area contributed by atoms with Crippen LogP contribution in [0.4, 0.5) is 0 Å². The van der Waals surface area contributed by atoms with Crippen LogP contribution in [0.2, 0.25) is 0 Å². The molecule has 0 radical (unpaired) electrons. The summed E-state index contributed by atoms with van der Waals surface area (Å²) in [7, 11) is 0. The predicted molar refractivity (Wildman–Crippen MR) is 57.7 cm³/mol. The number of nitrogens with zero attached hydrogens (tertiary/aromatic N) is 2. The van der Waals surface area contributed by atoms with Crippen molar-refractivity contribution in [1.82, 2.24) is 9.78 Å². The predicted octanol–water partition coefficient (Wildman–Crippen LogP) is 1.05. The largest absolute Gasteiger partial charge is 0.442 e. The fourth-order valence-electron chi connectivity index (χ4n) is 1.14. The molecular formula is C9H8BrN3O2. The van der Waals surface area contributed by atoms with Gasteiger partial charge in [0.25, 0.3) is 0 Å². The van der Waals surface area contributed by atoms with Crippen LogP contribution in [0.1, 0.15) is 5.89 Å². The van der Waals surface area contributed by atoms with Gasteiger partial charge in [-0.05, 0) is 24.3 Å². The summed E-state index contributed by atoms with van der Waals surface area (Å²) in [6.45, 7) is 0.110. The molecule has 2 aromatic rings. The van der Waals surface area contributed by atoms with Gasteiger partial charge in [0.05, 0.1) is 12.2 Å². The van der Waals surface area contributed by atoms with Crippen molar-refractivity contribution in [2.24, 2.45) is 5.73 Å². The van der Waals surface area contributed by atoms with Crippen molar-refractivity contribution < 1.29 is 4.42 Å². The Kier molecular flexibility index (Phi) is 2.70. The average Bonchev–Trinajstić information content (AvgIpc) is 2.61. The normalized spacial score (nSPS) is 10.5. The maximum absolute atomic E-state index is 11.4. The van der Waals surface area contributed by atoms with E-state index in [1.54, 1.807) is 12.1 Å². The fraction of sp³-hybridized carbons (Fsp3) is 0.111. The van der Waals surface area contributed by atoms with Gasteiger partial charge in [-0.3, -0.25) is 0 Å². The molecule has 0 aliphatic rings. The minimum atomic E-state index is -0.530. The lowest BCUT2D eigenvalue weighted by atomic mass is 10.3. The van der Waals surface area contributed by atoms with E-state index in [4.69, 9.17) is 10.2 Å². The van der Waals surface area contributed by atoms with E-state index in [1.165, 1.54) is 4.68 Å². The Morgan fingerprint density at radius 2 is 2.07 bits per heavy atom. The molecule has 6 heteroatoms. The van der Waals surface area contributed by atoms with Gasteiger partial charge in [-0.15, -0.1) is 5.10 Å². The number of aromatic nitrogens is 2. The van der Waals surface area contributed by atoms with E-state index in [0.29, 0.717) is 5.69 Å². The van der Waals surface area contributed by atoms with Crippen molar-refractivity contribution in [3.8, 4) is 5.69 Å². The van der Waals surface area contributed by atoms with Crippen LogP contribution in [-0.2, 0) is 6.54 Å². The summed E-state index contributed by atoms with van der Waals surface area (Å²) in [5.41, 5.74) is 5.96. The quantitative estimate of drug-likeness (QED) is 0.885. The number of benzene rings is 1. The molecule has 2 N–H and O–H groups in total. The third-order valence-corrected chi connectivity index (χ3v) is 2.36. The van der Waals surface area contributed by atoms with Gasteiger partial charge in [0.1, 0.15) is 0 Å². The van der Waals surface area contributed by atoms with E-state index in [9.17, 15) is 4.79 Å². The number of hydrogen-bond donors (Lipinski definition) is 1. The van der Waals surface area contributed by atoms with Gasteiger partial charge < -0.3 is 10.2 Å². The number of rotatable bonds is 2. The molecule has 78 valence electrons. The second-order valence-corrected chi connectivity index (χ2v) is 3.77. The standard InChI is InChI=1S/C9H8BrN3O2/c10-6-1-3-7(4-2-6)13-9(14)15-8(5-11)12-13/h1-4H,5,11H2. The van der Waals surface area contributed by atoms with Gasteiger partial charge in [0.2, 0.25) is 5.89 Å². The monoisotopic (exact) mass is 269 g/mol. The average molecular weight is 270 g/mol. The van der Waals surface area contributed by atoms with E-state index >= 15 is 0 Å².